The Morgan fingerprint density at radius 2 is 1.68 bits per heavy atom. The molecule has 0 saturated carbocycles. The summed E-state index contributed by atoms with van der Waals surface area (Å²) in [5.74, 6) is 0.875. The van der Waals surface area contributed by atoms with Crippen LogP contribution in [0.1, 0.15) is 5.56 Å². The van der Waals surface area contributed by atoms with Gasteiger partial charge < -0.3 is 5.32 Å². The number of benzene rings is 2. The van der Waals surface area contributed by atoms with Crippen molar-refractivity contribution in [2.45, 2.75) is 12.1 Å². The third kappa shape index (κ3) is 3.99. The summed E-state index contributed by atoms with van der Waals surface area (Å²) in [5.41, 5.74) is 2.93. The average Bonchev–Trinajstić information content (AvgIpc) is 3.37. The van der Waals surface area contributed by atoms with E-state index in [0.717, 1.165) is 17.1 Å². The van der Waals surface area contributed by atoms with Crippen molar-refractivity contribution < 1.29 is 4.79 Å². The number of thioether (sulfide) groups is 1. The van der Waals surface area contributed by atoms with Crippen LogP contribution in [0.2, 0.25) is 0 Å². The first-order valence-electron chi connectivity index (χ1n) is 8.84. The maximum atomic E-state index is 12.3. The molecule has 2 heterocycles. The summed E-state index contributed by atoms with van der Waals surface area (Å²) in [7, 11) is 0. The lowest BCUT2D eigenvalue weighted by atomic mass is 10.1. The molecule has 2 aromatic carbocycles. The Bertz CT molecular complexity index is 1060. The summed E-state index contributed by atoms with van der Waals surface area (Å²) in [6, 6.07) is 21.4. The zero-order valence-corrected chi connectivity index (χ0v) is 16.1. The topological polar surface area (TPSA) is 64.7 Å². The van der Waals surface area contributed by atoms with Crippen LogP contribution in [0.25, 0.3) is 11.4 Å². The first kappa shape index (κ1) is 18.1. The van der Waals surface area contributed by atoms with Crippen molar-refractivity contribution in [2.24, 2.45) is 0 Å². The fourth-order valence-electron chi connectivity index (χ4n) is 2.75. The summed E-state index contributed by atoms with van der Waals surface area (Å²) in [5, 5.41) is 12.2. The zero-order chi connectivity index (χ0) is 19.3. The lowest BCUT2D eigenvalue weighted by molar-refractivity contribution is -0.113. The normalized spacial score (nSPS) is 10.8. The number of amides is 1. The lowest BCUT2D eigenvalue weighted by Gasteiger charge is -2.11. The van der Waals surface area contributed by atoms with E-state index in [2.05, 4.69) is 15.5 Å². The number of nitrogens with one attached hydrogen (secondary N) is 1. The van der Waals surface area contributed by atoms with Gasteiger partial charge in [-0.25, -0.2) is 4.68 Å². The minimum atomic E-state index is -0.0878. The van der Waals surface area contributed by atoms with Gasteiger partial charge in [0.1, 0.15) is 0 Å². The molecule has 0 aliphatic rings. The number of carbonyl (C=O) groups excluding carboxylic acids is 1. The number of para-hydroxylation sites is 1. The molecule has 140 valence electrons. The van der Waals surface area contributed by atoms with E-state index in [1.807, 2.05) is 95.4 Å². The third-order valence-corrected chi connectivity index (χ3v) is 5.05. The predicted octanol–water partition coefficient (Wildman–Crippen LogP) is 4.10. The number of aromatic nitrogens is 4. The highest BCUT2D eigenvalue weighted by Crippen LogP contribution is 2.25. The summed E-state index contributed by atoms with van der Waals surface area (Å²) in [6.07, 6.45) is 3.85. The van der Waals surface area contributed by atoms with Gasteiger partial charge in [-0.1, -0.05) is 59.8 Å². The largest absolute Gasteiger partial charge is 0.325 e. The molecule has 2 aromatic heterocycles. The first-order chi connectivity index (χ1) is 13.7. The van der Waals surface area contributed by atoms with E-state index < -0.39 is 0 Å². The molecule has 0 saturated heterocycles. The quantitative estimate of drug-likeness (QED) is 0.504. The highest BCUT2D eigenvalue weighted by Gasteiger charge is 2.17. The van der Waals surface area contributed by atoms with Gasteiger partial charge in [0.15, 0.2) is 5.82 Å². The molecule has 0 aliphatic carbocycles. The molecule has 28 heavy (non-hydrogen) atoms. The number of hydrogen-bond acceptors (Lipinski definition) is 4. The van der Waals surface area contributed by atoms with Crippen LogP contribution in [0.4, 0.5) is 5.69 Å². The van der Waals surface area contributed by atoms with Gasteiger partial charge in [0.25, 0.3) is 0 Å². The number of nitrogens with zero attached hydrogens (tertiary/aromatic N) is 4. The van der Waals surface area contributed by atoms with Crippen LogP contribution in [0.15, 0.2) is 84.3 Å². The Morgan fingerprint density at radius 3 is 2.39 bits per heavy atom. The number of hydrogen-bond donors (Lipinski definition) is 1. The molecular weight excluding hydrogens is 370 g/mol. The number of rotatable bonds is 6. The van der Waals surface area contributed by atoms with Crippen LogP contribution in [-0.2, 0) is 4.79 Å². The van der Waals surface area contributed by atoms with Crippen molar-refractivity contribution in [2.75, 3.05) is 11.1 Å². The SMILES string of the molecule is Cc1ccc(-c2nnc(SCC(=O)Nc3ccccc3)n2-n2cccc2)cc1. The van der Waals surface area contributed by atoms with Crippen molar-refractivity contribution in [1.82, 2.24) is 19.5 Å². The van der Waals surface area contributed by atoms with Gasteiger partial charge in [0.05, 0.1) is 5.75 Å². The molecule has 6 nitrogen and oxygen atoms in total. The molecule has 4 rings (SSSR count). The van der Waals surface area contributed by atoms with Crippen LogP contribution < -0.4 is 5.32 Å². The van der Waals surface area contributed by atoms with Crippen molar-refractivity contribution >= 4 is 23.4 Å². The van der Waals surface area contributed by atoms with Crippen molar-refractivity contribution in [1.29, 1.82) is 0 Å². The fraction of sp³-hybridized carbons (Fsp3) is 0.0952. The molecule has 0 bridgehead atoms. The average molecular weight is 389 g/mol. The Kier molecular flexibility index (Phi) is 5.25. The molecule has 0 atom stereocenters. The van der Waals surface area contributed by atoms with Crippen molar-refractivity contribution in [3.8, 4) is 11.4 Å². The van der Waals surface area contributed by atoms with Crippen LogP contribution >= 0.6 is 11.8 Å². The second-order valence-corrected chi connectivity index (χ2v) is 7.19. The molecule has 4 aromatic rings. The summed E-state index contributed by atoms with van der Waals surface area (Å²) >= 11 is 1.35. The first-order valence-corrected chi connectivity index (χ1v) is 9.83. The van der Waals surface area contributed by atoms with E-state index in [1.54, 1.807) is 0 Å². The predicted molar refractivity (Wildman–Crippen MR) is 111 cm³/mol. The number of aryl methyl sites for hydroxylation is 1. The van der Waals surface area contributed by atoms with E-state index >= 15 is 0 Å². The maximum Gasteiger partial charge on any atom is 0.234 e. The van der Waals surface area contributed by atoms with Crippen LogP contribution in [0.5, 0.6) is 0 Å². The molecule has 0 unspecified atom stereocenters. The molecular formula is C21H19N5OS. The molecule has 1 amide bonds. The van der Waals surface area contributed by atoms with Crippen molar-refractivity contribution in [3.63, 3.8) is 0 Å². The maximum absolute atomic E-state index is 12.3. The van der Waals surface area contributed by atoms with Gasteiger partial charge in [-0.05, 0) is 31.2 Å². The Hall–Kier alpha value is -3.32. The lowest BCUT2D eigenvalue weighted by Crippen LogP contribution is -2.15. The third-order valence-electron chi connectivity index (χ3n) is 4.13. The summed E-state index contributed by atoms with van der Waals surface area (Å²) < 4.78 is 3.82. The standard InChI is InChI=1S/C21H19N5OS/c1-16-9-11-17(12-10-16)20-23-24-21(26(20)25-13-5-6-14-25)28-15-19(27)22-18-7-3-2-4-8-18/h2-14H,15H2,1H3,(H,22,27). The van der Waals surface area contributed by atoms with Crippen LogP contribution in [0.3, 0.4) is 0 Å². The van der Waals surface area contributed by atoms with E-state index in [9.17, 15) is 4.79 Å². The fourth-order valence-corrected chi connectivity index (χ4v) is 3.49. The summed E-state index contributed by atoms with van der Waals surface area (Å²) in [4.78, 5) is 12.3. The second kappa shape index (κ2) is 8.14. The Labute approximate surface area is 167 Å². The molecule has 0 radical (unpaired) electrons. The number of carbonyl (C=O) groups is 1. The molecule has 0 spiro atoms. The monoisotopic (exact) mass is 389 g/mol. The van der Waals surface area contributed by atoms with Gasteiger partial charge in [0.2, 0.25) is 11.1 Å². The minimum Gasteiger partial charge on any atom is -0.325 e. The zero-order valence-electron chi connectivity index (χ0n) is 15.3. The molecule has 7 heteroatoms. The van der Waals surface area contributed by atoms with Gasteiger partial charge in [0, 0.05) is 23.6 Å². The molecule has 1 N–H and O–H groups in total. The smallest absolute Gasteiger partial charge is 0.234 e. The highest BCUT2D eigenvalue weighted by molar-refractivity contribution is 7.99. The van der Waals surface area contributed by atoms with Gasteiger partial charge >= 0.3 is 0 Å². The van der Waals surface area contributed by atoms with E-state index in [-0.39, 0.29) is 11.7 Å². The van der Waals surface area contributed by atoms with Crippen LogP contribution in [-0.4, -0.2) is 31.2 Å². The minimum absolute atomic E-state index is 0.0878. The molecule has 0 aliphatic heterocycles. The molecule has 0 fully saturated rings. The number of anilines is 1. The highest BCUT2D eigenvalue weighted by atomic mass is 32.2. The Balaban J connectivity index is 1.57. The Morgan fingerprint density at radius 1 is 0.964 bits per heavy atom. The van der Waals surface area contributed by atoms with Gasteiger partial charge in [-0.3, -0.25) is 9.47 Å². The van der Waals surface area contributed by atoms with E-state index in [0.29, 0.717) is 5.16 Å². The van der Waals surface area contributed by atoms with Crippen molar-refractivity contribution in [3.05, 3.63) is 84.7 Å². The summed E-state index contributed by atoms with van der Waals surface area (Å²) in [6.45, 7) is 2.05. The van der Waals surface area contributed by atoms with E-state index in [1.165, 1.54) is 17.3 Å². The van der Waals surface area contributed by atoms with Gasteiger partial charge in [-0.2, -0.15) is 0 Å². The van der Waals surface area contributed by atoms with Gasteiger partial charge in [-0.15, -0.1) is 10.2 Å². The van der Waals surface area contributed by atoms with E-state index in [4.69, 9.17) is 0 Å². The van der Waals surface area contributed by atoms with Crippen LogP contribution in [0, 0.1) is 6.92 Å². The second-order valence-electron chi connectivity index (χ2n) is 6.25.